The number of aliphatic hydroxyl groups is 2. The molecule has 0 radical (unpaired) electrons. The van der Waals surface area contributed by atoms with Gasteiger partial charge in [0.05, 0.1) is 18.8 Å². The molecule has 4 nitrogen and oxygen atoms in total. The summed E-state index contributed by atoms with van der Waals surface area (Å²) in [6.45, 7) is 4.30. The molecule has 0 aliphatic carbocycles. The Morgan fingerprint density at radius 2 is 0.792 bits per heavy atom. The van der Waals surface area contributed by atoms with Crippen molar-refractivity contribution >= 4 is 5.91 Å². The highest BCUT2D eigenvalue weighted by molar-refractivity contribution is 5.76. The van der Waals surface area contributed by atoms with Gasteiger partial charge >= 0.3 is 0 Å². The van der Waals surface area contributed by atoms with Crippen LogP contribution in [0.2, 0.25) is 0 Å². The molecule has 0 saturated heterocycles. The minimum Gasteiger partial charge on any atom is -0.394 e. The largest absolute Gasteiger partial charge is 0.394 e. The number of allylic oxidation sites excluding steroid dienone is 7. The van der Waals surface area contributed by atoms with Gasteiger partial charge in [-0.25, -0.2) is 0 Å². The van der Waals surface area contributed by atoms with Gasteiger partial charge in [-0.2, -0.15) is 0 Å². The zero-order valence-electron chi connectivity index (χ0n) is 35.5. The zero-order chi connectivity index (χ0) is 38.6. The van der Waals surface area contributed by atoms with E-state index in [-0.39, 0.29) is 12.5 Å². The summed E-state index contributed by atoms with van der Waals surface area (Å²) in [4.78, 5) is 12.4. The van der Waals surface area contributed by atoms with E-state index in [9.17, 15) is 15.0 Å². The van der Waals surface area contributed by atoms with Crippen molar-refractivity contribution in [3.63, 3.8) is 0 Å². The third-order valence-electron chi connectivity index (χ3n) is 10.5. The van der Waals surface area contributed by atoms with Crippen LogP contribution >= 0.6 is 0 Å². The van der Waals surface area contributed by atoms with Gasteiger partial charge in [0.1, 0.15) is 0 Å². The summed E-state index contributed by atoms with van der Waals surface area (Å²) in [5.41, 5.74) is 0. The molecule has 4 heteroatoms. The first-order valence-electron chi connectivity index (χ1n) is 23.4. The lowest BCUT2D eigenvalue weighted by molar-refractivity contribution is -0.123. The van der Waals surface area contributed by atoms with Crippen LogP contribution in [0.4, 0.5) is 0 Å². The molecule has 0 heterocycles. The average molecular weight is 742 g/mol. The quantitative estimate of drug-likeness (QED) is 0.0431. The second-order valence-corrected chi connectivity index (χ2v) is 15.8. The highest BCUT2D eigenvalue weighted by Crippen LogP contribution is 2.14. The minimum atomic E-state index is -0.866. The molecule has 53 heavy (non-hydrogen) atoms. The molecule has 2 atom stereocenters. The molecule has 0 aromatic rings. The number of nitrogens with one attached hydrogen (secondary N) is 1. The predicted octanol–water partition coefficient (Wildman–Crippen LogP) is 14.7. The maximum Gasteiger partial charge on any atom is 0.220 e. The van der Waals surface area contributed by atoms with Crippen LogP contribution in [0.5, 0.6) is 0 Å². The number of hydrogen-bond acceptors (Lipinski definition) is 3. The molecule has 0 aromatic carbocycles. The molecular weight excluding hydrogens is 651 g/mol. The van der Waals surface area contributed by atoms with E-state index in [0.29, 0.717) is 6.42 Å². The summed E-state index contributed by atoms with van der Waals surface area (Å²) in [5.74, 6) is -0.0811. The number of carbonyl (C=O) groups is 1. The maximum atomic E-state index is 12.4. The maximum absolute atomic E-state index is 12.4. The molecule has 310 valence electrons. The first-order valence-corrected chi connectivity index (χ1v) is 23.4. The Bertz CT molecular complexity index is 847. The van der Waals surface area contributed by atoms with Gasteiger partial charge in [0, 0.05) is 6.42 Å². The fourth-order valence-electron chi connectivity index (χ4n) is 6.93. The van der Waals surface area contributed by atoms with Crippen LogP contribution in [0.1, 0.15) is 239 Å². The molecule has 0 fully saturated rings. The van der Waals surface area contributed by atoms with Gasteiger partial charge in [0.25, 0.3) is 0 Å². The summed E-state index contributed by atoms with van der Waals surface area (Å²) in [6.07, 6.45) is 60.8. The highest BCUT2D eigenvalue weighted by atomic mass is 16.3. The van der Waals surface area contributed by atoms with Crippen LogP contribution in [0.3, 0.4) is 0 Å². The van der Waals surface area contributed by atoms with Crippen molar-refractivity contribution in [2.75, 3.05) is 6.61 Å². The lowest BCUT2D eigenvalue weighted by atomic mass is 10.0. The molecular formula is C49H91NO3. The Kier molecular flexibility index (Phi) is 43.4. The van der Waals surface area contributed by atoms with Crippen LogP contribution < -0.4 is 5.32 Å². The lowest BCUT2D eigenvalue weighted by Crippen LogP contribution is -2.45. The van der Waals surface area contributed by atoms with Gasteiger partial charge in [-0.1, -0.05) is 217 Å². The molecule has 0 aliphatic heterocycles. The number of aliphatic hydroxyl groups excluding tert-OH is 2. The predicted molar refractivity (Wildman–Crippen MR) is 235 cm³/mol. The van der Waals surface area contributed by atoms with E-state index in [0.717, 1.165) is 44.9 Å². The van der Waals surface area contributed by atoms with E-state index in [1.165, 1.54) is 173 Å². The topological polar surface area (TPSA) is 69.6 Å². The standard InChI is InChI=1S/C49H91NO3/c1-3-5-7-9-11-13-15-17-19-21-23-24-25-26-27-29-31-33-35-37-39-41-43-45-49(53)50-47(46-51)48(52)44-42-40-38-36-34-32-30-28-22-20-18-16-14-12-10-8-6-4-2/h23-24,26-27,34,36,42,44,47-48,51-52H,3-22,25,28-33,35,37-41,43,45-46H2,1-2H3,(H,50,53)/b24-23-,27-26-,36-34+,44-42+. The van der Waals surface area contributed by atoms with Gasteiger partial charge in [-0.3, -0.25) is 4.79 Å². The van der Waals surface area contributed by atoms with Crippen molar-refractivity contribution < 1.29 is 15.0 Å². The van der Waals surface area contributed by atoms with Crippen LogP contribution in [-0.2, 0) is 4.79 Å². The molecule has 0 aliphatic rings. The number of unbranched alkanes of at least 4 members (excludes halogenated alkanes) is 29. The highest BCUT2D eigenvalue weighted by Gasteiger charge is 2.17. The Hall–Kier alpha value is -1.65. The van der Waals surface area contributed by atoms with E-state index in [2.05, 4.69) is 55.6 Å². The monoisotopic (exact) mass is 742 g/mol. The normalized spacial score (nSPS) is 13.4. The minimum absolute atomic E-state index is 0.0811. The summed E-state index contributed by atoms with van der Waals surface area (Å²) < 4.78 is 0. The number of hydrogen-bond donors (Lipinski definition) is 3. The lowest BCUT2D eigenvalue weighted by Gasteiger charge is -2.19. The van der Waals surface area contributed by atoms with Gasteiger partial charge in [0.2, 0.25) is 5.91 Å². The molecule has 2 unspecified atom stereocenters. The third kappa shape index (κ3) is 41.4. The first-order chi connectivity index (χ1) is 26.2. The van der Waals surface area contributed by atoms with Crippen LogP contribution in [-0.4, -0.2) is 34.9 Å². The van der Waals surface area contributed by atoms with Gasteiger partial charge < -0.3 is 15.5 Å². The molecule has 0 aromatic heterocycles. The third-order valence-corrected chi connectivity index (χ3v) is 10.5. The smallest absolute Gasteiger partial charge is 0.220 e. The van der Waals surface area contributed by atoms with E-state index >= 15 is 0 Å². The molecule has 3 N–H and O–H groups in total. The van der Waals surface area contributed by atoms with Crippen LogP contribution in [0, 0.1) is 0 Å². The fraction of sp³-hybridized carbons (Fsp3) is 0.816. The van der Waals surface area contributed by atoms with Crippen LogP contribution in [0.15, 0.2) is 48.6 Å². The van der Waals surface area contributed by atoms with Crippen molar-refractivity contribution in [1.29, 1.82) is 0 Å². The summed E-state index contributed by atoms with van der Waals surface area (Å²) in [5, 5.41) is 23.0. The Morgan fingerprint density at radius 1 is 0.453 bits per heavy atom. The SMILES string of the molecule is CCCCCCCCCCC/C=C\C/C=C\CCCCCCCCCC(=O)NC(CO)C(O)/C=C/CC/C=C/CCCCCCCCCCCCCC. The van der Waals surface area contributed by atoms with Gasteiger partial charge in [0.15, 0.2) is 0 Å². The molecule has 1 amide bonds. The fourth-order valence-corrected chi connectivity index (χ4v) is 6.93. The average Bonchev–Trinajstić information content (AvgIpc) is 3.16. The van der Waals surface area contributed by atoms with Crippen molar-refractivity contribution in [3.05, 3.63) is 48.6 Å². The molecule has 0 rings (SSSR count). The van der Waals surface area contributed by atoms with Gasteiger partial charge in [-0.15, -0.1) is 0 Å². The van der Waals surface area contributed by atoms with E-state index in [1.54, 1.807) is 6.08 Å². The Balaban J connectivity index is 3.62. The second-order valence-electron chi connectivity index (χ2n) is 15.8. The molecule has 0 spiro atoms. The van der Waals surface area contributed by atoms with Crippen molar-refractivity contribution in [1.82, 2.24) is 5.32 Å². The Labute approximate surface area is 331 Å². The van der Waals surface area contributed by atoms with E-state index in [4.69, 9.17) is 0 Å². The van der Waals surface area contributed by atoms with Gasteiger partial charge in [-0.05, 0) is 64.2 Å². The summed E-state index contributed by atoms with van der Waals surface area (Å²) in [7, 11) is 0. The van der Waals surface area contributed by atoms with Crippen molar-refractivity contribution in [2.45, 2.75) is 251 Å². The van der Waals surface area contributed by atoms with Crippen LogP contribution in [0.25, 0.3) is 0 Å². The van der Waals surface area contributed by atoms with E-state index in [1.807, 2.05) is 6.08 Å². The first kappa shape index (κ1) is 51.4. The van der Waals surface area contributed by atoms with Crippen molar-refractivity contribution in [3.8, 4) is 0 Å². The number of carbonyl (C=O) groups excluding carboxylic acids is 1. The van der Waals surface area contributed by atoms with E-state index < -0.39 is 12.1 Å². The number of rotatable bonds is 42. The number of amides is 1. The summed E-state index contributed by atoms with van der Waals surface area (Å²) in [6, 6.07) is -0.644. The zero-order valence-corrected chi connectivity index (χ0v) is 35.5. The molecule has 0 saturated carbocycles. The second kappa shape index (κ2) is 44.7. The molecule has 0 bridgehead atoms. The summed E-state index contributed by atoms with van der Waals surface area (Å²) >= 11 is 0. The Morgan fingerprint density at radius 3 is 1.21 bits per heavy atom. The van der Waals surface area contributed by atoms with Crippen molar-refractivity contribution in [2.24, 2.45) is 0 Å².